The van der Waals surface area contributed by atoms with E-state index in [9.17, 15) is 0 Å². The second kappa shape index (κ2) is 9.77. The number of unbranched alkanes of at least 4 members (excludes halogenated alkanes) is 5. The molecule has 0 radical (unpaired) electrons. The topological polar surface area (TPSA) is 4.93 Å². The fourth-order valence-corrected chi connectivity index (χ4v) is 2.05. The van der Waals surface area contributed by atoms with Crippen LogP contribution in [0.1, 0.15) is 58.1 Å². The van der Waals surface area contributed by atoms with E-state index in [1.807, 2.05) is 0 Å². The summed E-state index contributed by atoms with van der Waals surface area (Å²) >= 11 is 0. The minimum atomic E-state index is 0. The molecule has 0 unspecified atom stereocenters. The van der Waals surface area contributed by atoms with Crippen molar-refractivity contribution < 1.29 is 0 Å². The number of hydrogen-bond donors (Lipinski definition) is 0. The Hall–Kier alpha value is -0.430. The molecule has 0 atom stereocenters. The SMILES string of the molecule is CCCCCCCCn1cccc1CC.Cl. The van der Waals surface area contributed by atoms with Gasteiger partial charge in [0.2, 0.25) is 0 Å². The summed E-state index contributed by atoms with van der Waals surface area (Å²) in [4.78, 5) is 0. The van der Waals surface area contributed by atoms with E-state index in [0.29, 0.717) is 0 Å². The molecule has 1 rings (SSSR count). The van der Waals surface area contributed by atoms with Crippen LogP contribution in [0.15, 0.2) is 18.3 Å². The van der Waals surface area contributed by atoms with E-state index >= 15 is 0 Å². The number of rotatable bonds is 8. The highest BCUT2D eigenvalue weighted by Crippen LogP contribution is 2.09. The van der Waals surface area contributed by atoms with Crippen molar-refractivity contribution in [1.29, 1.82) is 0 Å². The summed E-state index contributed by atoms with van der Waals surface area (Å²) in [6, 6.07) is 4.40. The Morgan fingerprint density at radius 1 is 1.00 bits per heavy atom. The smallest absolute Gasteiger partial charge is 0.0222 e. The summed E-state index contributed by atoms with van der Waals surface area (Å²) in [5, 5.41) is 0. The van der Waals surface area contributed by atoms with E-state index < -0.39 is 0 Å². The molecule has 16 heavy (non-hydrogen) atoms. The Morgan fingerprint density at radius 3 is 2.38 bits per heavy atom. The first-order chi connectivity index (χ1) is 7.38. The maximum Gasteiger partial charge on any atom is 0.0222 e. The van der Waals surface area contributed by atoms with Crippen LogP contribution < -0.4 is 0 Å². The molecule has 0 aliphatic carbocycles. The van der Waals surface area contributed by atoms with Crippen molar-refractivity contribution in [2.45, 2.75) is 65.3 Å². The molecule has 0 spiro atoms. The Labute approximate surface area is 107 Å². The zero-order valence-corrected chi connectivity index (χ0v) is 11.6. The van der Waals surface area contributed by atoms with Gasteiger partial charge in [0.25, 0.3) is 0 Å². The van der Waals surface area contributed by atoms with E-state index in [0.717, 1.165) is 6.42 Å². The number of hydrogen-bond acceptors (Lipinski definition) is 0. The van der Waals surface area contributed by atoms with E-state index in [1.54, 1.807) is 0 Å². The molecule has 0 fully saturated rings. The van der Waals surface area contributed by atoms with Crippen molar-refractivity contribution in [1.82, 2.24) is 4.57 Å². The molecule has 2 heteroatoms. The van der Waals surface area contributed by atoms with Gasteiger partial charge in [-0.2, -0.15) is 0 Å². The first-order valence-electron chi connectivity index (χ1n) is 6.52. The Morgan fingerprint density at radius 2 is 1.69 bits per heavy atom. The molecule has 1 heterocycles. The summed E-state index contributed by atoms with van der Waals surface area (Å²) in [5.41, 5.74) is 1.48. The number of nitrogens with zero attached hydrogens (tertiary/aromatic N) is 1. The molecule has 0 saturated heterocycles. The maximum absolute atomic E-state index is 2.40. The summed E-state index contributed by atoms with van der Waals surface area (Å²) in [5.74, 6) is 0. The molecular weight excluding hydrogens is 218 g/mol. The van der Waals surface area contributed by atoms with Gasteiger partial charge in [0.15, 0.2) is 0 Å². The highest BCUT2D eigenvalue weighted by Gasteiger charge is 1.97. The van der Waals surface area contributed by atoms with E-state index in [2.05, 4.69) is 36.7 Å². The number of aryl methyl sites for hydroxylation is 2. The lowest BCUT2D eigenvalue weighted by atomic mass is 10.1. The van der Waals surface area contributed by atoms with Gasteiger partial charge in [0.1, 0.15) is 0 Å². The summed E-state index contributed by atoms with van der Waals surface area (Å²) in [6.45, 7) is 5.71. The van der Waals surface area contributed by atoms with Crippen molar-refractivity contribution in [3.05, 3.63) is 24.0 Å². The van der Waals surface area contributed by atoms with Crippen LogP contribution in [0.25, 0.3) is 0 Å². The lowest BCUT2D eigenvalue weighted by molar-refractivity contribution is 0.550. The Balaban J connectivity index is 0.00000225. The second-order valence-electron chi connectivity index (χ2n) is 4.31. The average Bonchev–Trinajstić information content (AvgIpc) is 2.70. The minimum absolute atomic E-state index is 0. The van der Waals surface area contributed by atoms with Crippen LogP contribution in [0.5, 0.6) is 0 Å². The number of halogens is 1. The van der Waals surface area contributed by atoms with Crippen LogP contribution in [0.2, 0.25) is 0 Å². The largest absolute Gasteiger partial charge is 0.351 e. The third kappa shape index (κ3) is 5.60. The van der Waals surface area contributed by atoms with Crippen molar-refractivity contribution in [2.24, 2.45) is 0 Å². The molecule has 0 amide bonds. The lowest BCUT2D eigenvalue weighted by Gasteiger charge is -2.07. The van der Waals surface area contributed by atoms with Gasteiger partial charge in [-0.05, 0) is 25.0 Å². The van der Waals surface area contributed by atoms with Gasteiger partial charge in [0, 0.05) is 18.4 Å². The molecular formula is C14H26ClN. The van der Waals surface area contributed by atoms with E-state index in [1.165, 1.54) is 50.8 Å². The third-order valence-electron chi connectivity index (χ3n) is 3.04. The Bertz CT molecular complexity index is 255. The highest BCUT2D eigenvalue weighted by atomic mass is 35.5. The quantitative estimate of drug-likeness (QED) is 0.576. The highest BCUT2D eigenvalue weighted by molar-refractivity contribution is 5.85. The third-order valence-corrected chi connectivity index (χ3v) is 3.04. The predicted octanol–water partition coefficient (Wildman–Crippen LogP) is 4.83. The van der Waals surface area contributed by atoms with Crippen molar-refractivity contribution in [3.63, 3.8) is 0 Å². The average molecular weight is 244 g/mol. The van der Waals surface area contributed by atoms with Crippen LogP contribution in [-0.2, 0) is 13.0 Å². The van der Waals surface area contributed by atoms with Gasteiger partial charge < -0.3 is 4.57 Å². The van der Waals surface area contributed by atoms with Crippen molar-refractivity contribution in [3.8, 4) is 0 Å². The molecule has 94 valence electrons. The molecule has 0 N–H and O–H groups in total. The predicted molar refractivity (Wildman–Crippen MR) is 74.4 cm³/mol. The van der Waals surface area contributed by atoms with Gasteiger partial charge in [0.05, 0.1) is 0 Å². The standard InChI is InChI=1S/C14H25N.ClH/c1-3-5-6-7-8-9-12-15-13-10-11-14(15)4-2;/h10-11,13H,3-9,12H2,1-2H3;1H. The zero-order chi connectivity index (χ0) is 10.9. The van der Waals surface area contributed by atoms with Gasteiger partial charge in [-0.3, -0.25) is 0 Å². The summed E-state index contributed by atoms with van der Waals surface area (Å²) in [7, 11) is 0. The summed E-state index contributed by atoms with van der Waals surface area (Å²) < 4.78 is 2.40. The van der Waals surface area contributed by atoms with Gasteiger partial charge in [-0.1, -0.05) is 46.0 Å². The molecule has 0 bridgehead atoms. The minimum Gasteiger partial charge on any atom is -0.351 e. The monoisotopic (exact) mass is 243 g/mol. The van der Waals surface area contributed by atoms with Crippen LogP contribution in [0, 0.1) is 0 Å². The molecule has 1 nitrogen and oxygen atoms in total. The normalized spacial score (nSPS) is 10.1. The Kier molecular flexibility index (Phi) is 9.51. The van der Waals surface area contributed by atoms with E-state index in [-0.39, 0.29) is 12.4 Å². The van der Waals surface area contributed by atoms with E-state index in [4.69, 9.17) is 0 Å². The first-order valence-corrected chi connectivity index (χ1v) is 6.52. The fourth-order valence-electron chi connectivity index (χ4n) is 2.05. The maximum atomic E-state index is 2.40. The molecule has 0 aliphatic rings. The van der Waals surface area contributed by atoms with Gasteiger partial charge >= 0.3 is 0 Å². The second-order valence-corrected chi connectivity index (χ2v) is 4.31. The first kappa shape index (κ1) is 15.6. The molecule has 0 aromatic carbocycles. The molecule has 0 saturated carbocycles. The molecule has 0 aliphatic heterocycles. The van der Waals surface area contributed by atoms with Crippen LogP contribution in [0.3, 0.4) is 0 Å². The van der Waals surface area contributed by atoms with Gasteiger partial charge in [-0.25, -0.2) is 0 Å². The number of aromatic nitrogens is 1. The van der Waals surface area contributed by atoms with Crippen LogP contribution in [0.4, 0.5) is 0 Å². The van der Waals surface area contributed by atoms with Crippen LogP contribution in [-0.4, -0.2) is 4.57 Å². The summed E-state index contributed by atoms with van der Waals surface area (Å²) in [6.07, 6.45) is 11.7. The fraction of sp³-hybridized carbons (Fsp3) is 0.714. The van der Waals surface area contributed by atoms with Crippen molar-refractivity contribution >= 4 is 12.4 Å². The van der Waals surface area contributed by atoms with Crippen LogP contribution >= 0.6 is 12.4 Å². The van der Waals surface area contributed by atoms with Gasteiger partial charge in [-0.15, -0.1) is 12.4 Å². The molecule has 1 aromatic rings. The molecule has 1 aromatic heterocycles. The zero-order valence-electron chi connectivity index (χ0n) is 10.7. The van der Waals surface area contributed by atoms with Crippen molar-refractivity contribution in [2.75, 3.05) is 0 Å². The lowest BCUT2D eigenvalue weighted by Crippen LogP contribution is -2.00.